The first-order valence-electron chi connectivity index (χ1n) is 8.27. The number of nitrogens with zero attached hydrogens (tertiary/aromatic N) is 1. The molecule has 0 heterocycles. The molecular formula is C19H20N2O4S. The van der Waals surface area contributed by atoms with Crippen molar-refractivity contribution in [3.8, 4) is 6.07 Å². The van der Waals surface area contributed by atoms with Gasteiger partial charge < -0.3 is 10.2 Å². The van der Waals surface area contributed by atoms with E-state index in [0.717, 1.165) is 11.1 Å². The minimum Gasteiger partial charge on any atom is -0.390 e. The Hall–Kier alpha value is -2.24. The summed E-state index contributed by atoms with van der Waals surface area (Å²) in [6.07, 6.45) is -1.97. The van der Waals surface area contributed by atoms with Crippen LogP contribution < -0.4 is 4.72 Å². The fourth-order valence-corrected chi connectivity index (χ4v) is 4.82. The summed E-state index contributed by atoms with van der Waals surface area (Å²) in [7, 11) is -3.96. The van der Waals surface area contributed by atoms with Gasteiger partial charge in [-0.15, -0.1) is 0 Å². The van der Waals surface area contributed by atoms with Crippen molar-refractivity contribution < 1.29 is 18.6 Å². The third-order valence-electron chi connectivity index (χ3n) is 4.84. The molecule has 4 atom stereocenters. The van der Waals surface area contributed by atoms with Crippen LogP contribution in [0.3, 0.4) is 0 Å². The molecule has 0 bridgehead atoms. The fourth-order valence-electron chi connectivity index (χ4n) is 3.48. The lowest BCUT2D eigenvalue weighted by atomic mass is 9.91. The normalized spacial score (nSPS) is 25.8. The third kappa shape index (κ3) is 3.50. The minimum absolute atomic E-state index is 0.0475. The van der Waals surface area contributed by atoms with Crippen LogP contribution in [0.15, 0.2) is 53.4 Å². The molecule has 1 saturated carbocycles. The Balaban J connectivity index is 1.95. The van der Waals surface area contributed by atoms with Gasteiger partial charge in [0, 0.05) is 5.92 Å². The average molecular weight is 372 g/mol. The van der Waals surface area contributed by atoms with Crippen molar-refractivity contribution in [2.24, 2.45) is 0 Å². The zero-order valence-electron chi connectivity index (χ0n) is 14.2. The molecule has 136 valence electrons. The first kappa shape index (κ1) is 18.5. The van der Waals surface area contributed by atoms with Gasteiger partial charge in [-0.1, -0.05) is 30.3 Å². The fraction of sp³-hybridized carbons (Fsp3) is 0.316. The highest BCUT2D eigenvalue weighted by molar-refractivity contribution is 7.89. The zero-order valence-corrected chi connectivity index (χ0v) is 15.0. The van der Waals surface area contributed by atoms with Crippen LogP contribution >= 0.6 is 0 Å². The molecule has 0 aromatic heterocycles. The maximum absolute atomic E-state index is 12.8. The Morgan fingerprint density at radius 2 is 1.88 bits per heavy atom. The molecule has 6 nitrogen and oxygen atoms in total. The largest absolute Gasteiger partial charge is 0.390 e. The molecule has 2 aromatic rings. The Morgan fingerprint density at radius 3 is 2.58 bits per heavy atom. The van der Waals surface area contributed by atoms with Crippen molar-refractivity contribution in [3.05, 3.63) is 65.2 Å². The number of sulfonamides is 1. The zero-order chi connectivity index (χ0) is 18.9. The molecule has 0 spiro atoms. The van der Waals surface area contributed by atoms with Crippen LogP contribution in [-0.4, -0.2) is 36.9 Å². The van der Waals surface area contributed by atoms with E-state index < -0.39 is 28.3 Å². The summed E-state index contributed by atoms with van der Waals surface area (Å²) in [5.74, 6) is -0.352. The second kappa shape index (κ2) is 7.17. The molecule has 1 aliphatic rings. The summed E-state index contributed by atoms with van der Waals surface area (Å²) in [4.78, 5) is -0.0475. The van der Waals surface area contributed by atoms with Crippen LogP contribution in [0.4, 0.5) is 0 Å². The first-order valence-corrected chi connectivity index (χ1v) is 9.76. The van der Waals surface area contributed by atoms with Crippen LogP contribution in [0, 0.1) is 18.3 Å². The van der Waals surface area contributed by atoms with Crippen molar-refractivity contribution >= 4 is 10.0 Å². The number of nitrogens with one attached hydrogen (secondary N) is 1. The molecule has 1 aliphatic carbocycles. The number of aliphatic hydroxyl groups excluding tert-OH is 2. The van der Waals surface area contributed by atoms with Gasteiger partial charge in [-0.25, -0.2) is 13.1 Å². The number of rotatable bonds is 4. The van der Waals surface area contributed by atoms with E-state index in [1.807, 2.05) is 37.3 Å². The molecule has 0 aliphatic heterocycles. The molecule has 0 saturated heterocycles. The molecule has 2 aromatic carbocycles. The van der Waals surface area contributed by atoms with Gasteiger partial charge in [-0.2, -0.15) is 5.26 Å². The van der Waals surface area contributed by atoms with Crippen LogP contribution in [0.1, 0.15) is 29.0 Å². The lowest BCUT2D eigenvalue weighted by Crippen LogP contribution is -2.45. The van der Waals surface area contributed by atoms with E-state index in [4.69, 9.17) is 5.26 Å². The number of hydrogen-bond donors (Lipinski definition) is 3. The van der Waals surface area contributed by atoms with Crippen LogP contribution in [0.5, 0.6) is 0 Å². The van der Waals surface area contributed by atoms with Gasteiger partial charge in [0.25, 0.3) is 0 Å². The van der Waals surface area contributed by atoms with Gasteiger partial charge in [-0.3, -0.25) is 0 Å². The van der Waals surface area contributed by atoms with E-state index >= 15 is 0 Å². The molecule has 3 N–H and O–H groups in total. The van der Waals surface area contributed by atoms with Gasteiger partial charge >= 0.3 is 0 Å². The smallest absolute Gasteiger partial charge is 0.240 e. The minimum atomic E-state index is -3.96. The van der Waals surface area contributed by atoms with Gasteiger partial charge in [-0.05, 0) is 42.7 Å². The summed E-state index contributed by atoms with van der Waals surface area (Å²) in [6, 6.07) is 14.3. The van der Waals surface area contributed by atoms with Crippen LogP contribution in [-0.2, 0) is 10.0 Å². The highest BCUT2D eigenvalue weighted by atomic mass is 32.2. The van der Waals surface area contributed by atoms with E-state index in [2.05, 4.69) is 4.72 Å². The highest BCUT2D eigenvalue weighted by Gasteiger charge is 2.44. The lowest BCUT2D eigenvalue weighted by molar-refractivity contribution is 0.0338. The Morgan fingerprint density at radius 1 is 1.15 bits per heavy atom. The van der Waals surface area contributed by atoms with E-state index in [1.165, 1.54) is 24.3 Å². The number of nitriles is 1. The molecule has 26 heavy (non-hydrogen) atoms. The van der Waals surface area contributed by atoms with Crippen molar-refractivity contribution in [2.75, 3.05) is 0 Å². The number of aryl methyl sites for hydroxylation is 1. The molecular weight excluding hydrogens is 352 g/mol. The first-order chi connectivity index (χ1) is 12.3. The monoisotopic (exact) mass is 372 g/mol. The molecule has 0 radical (unpaired) electrons. The summed E-state index contributed by atoms with van der Waals surface area (Å²) in [5, 5.41) is 29.4. The predicted octanol–water partition coefficient (Wildman–Crippen LogP) is 1.42. The van der Waals surface area contributed by atoms with Gasteiger partial charge in [0.05, 0.1) is 34.8 Å². The number of benzene rings is 2. The summed E-state index contributed by atoms with van der Waals surface area (Å²) >= 11 is 0. The second-order valence-electron chi connectivity index (χ2n) is 6.54. The summed E-state index contributed by atoms with van der Waals surface area (Å²) in [6.45, 7) is 1.91. The maximum Gasteiger partial charge on any atom is 0.240 e. The average Bonchev–Trinajstić information content (AvgIpc) is 2.90. The quantitative estimate of drug-likeness (QED) is 0.752. The third-order valence-corrected chi connectivity index (χ3v) is 6.30. The molecule has 0 unspecified atom stereocenters. The van der Waals surface area contributed by atoms with Crippen LogP contribution in [0.2, 0.25) is 0 Å². The Kier molecular flexibility index (Phi) is 5.12. The Bertz CT molecular complexity index is 952. The topological polar surface area (TPSA) is 110 Å². The van der Waals surface area contributed by atoms with Crippen molar-refractivity contribution in [1.29, 1.82) is 5.26 Å². The standard InChI is InChI=1S/C19H20N2O4S/c1-12-5-2-3-8-15(12)16-10-17(22)19(23)18(16)21-26(24,25)14-7-4-6-13(9-14)11-20/h2-9,16-19,21-23H,10H2,1H3/t16-,17-,18-,19-/m1/s1. The number of hydrogen-bond acceptors (Lipinski definition) is 5. The Labute approximate surface area is 152 Å². The molecule has 0 amide bonds. The highest BCUT2D eigenvalue weighted by Crippen LogP contribution is 2.37. The van der Waals surface area contributed by atoms with E-state index in [-0.39, 0.29) is 22.8 Å². The molecule has 1 fully saturated rings. The summed E-state index contributed by atoms with van der Waals surface area (Å²) in [5.41, 5.74) is 2.09. The summed E-state index contributed by atoms with van der Waals surface area (Å²) < 4.78 is 28.0. The van der Waals surface area contributed by atoms with Gasteiger partial charge in [0.2, 0.25) is 10.0 Å². The predicted molar refractivity (Wildman–Crippen MR) is 95.8 cm³/mol. The second-order valence-corrected chi connectivity index (χ2v) is 8.26. The van der Waals surface area contributed by atoms with Gasteiger partial charge in [0.15, 0.2) is 0 Å². The lowest BCUT2D eigenvalue weighted by Gasteiger charge is -2.24. The molecule has 7 heteroatoms. The van der Waals surface area contributed by atoms with Gasteiger partial charge in [0.1, 0.15) is 0 Å². The van der Waals surface area contributed by atoms with E-state index in [9.17, 15) is 18.6 Å². The number of aliphatic hydroxyl groups is 2. The SMILES string of the molecule is Cc1ccccc1[C@H]1C[C@@H](O)[C@@H](O)[C@@H]1NS(=O)(=O)c1cccc(C#N)c1. The van der Waals surface area contributed by atoms with Crippen molar-refractivity contribution in [1.82, 2.24) is 4.72 Å². The van der Waals surface area contributed by atoms with Crippen molar-refractivity contribution in [3.63, 3.8) is 0 Å². The molecule has 3 rings (SSSR count). The van der Waals surface area contributed by atoms with Crippen molar-refractivity contribution in [2.45, 2.75) is 42.4 Å². The van der Waals surface area contributed by atoms with E-state index in [1.54, 1.807) is 0 Å². The maximum atomic E-state index is 12.8. The van der Waals surface area contributed by atoms with Crippen LogP contribution in [0.25, 0.3) is 0 Å². The van der Waals surface area contributed by atoms with E-state index in [0.29, 0.717) is 0 Å².